The van der Waals surface area contributed by atoms with Crippen LogP contribution in [0.15, 0.2) is 21.3 Å². The summed E-state index contributed by atoms with van der Waals surface area (Å²) in [7, 11) is 0. The molecule has 2 aromatic heterocycles. The largest absolute Gasteiger partial charge is 0.339 e. The lowest BCUT2D eigenvalue weighted by Gasteiger charge is -2.02. The summed E-state index contributed by atoms with van der Waals surface area (Å²) in [6.45, 7) is 2.04. The molecule has 0 saturated heterocycles. The molecule has 1 unspecified atom stereocenters. The maximum atomic E-state index is 5.81. The van der Waals surface area contributed by atoms with Crippen LogP contribution in [0.5, 0.6) is 0 Å². The fraction of sp³-hybridized carbons (Fsp3) is 0.400. The molecule has 80 valence electrons. The zero-order chi connectivity index (χ0) is 10.7. The topological polar surface area (TPSA) is 64.9 Å². The molecule has 0 spiro atoms. The Morgan fingerprint density at radius 2 is 2.47 bits per heavy atom. The smallest absolute Gasteiger partial charge is 0.228 e. The molecule has 0 aliphatic carbocycles. The minimum absolute atomic E-state index is 0.0979. The van der Waals surface area contributed by atoms with Gasteiger partial charge in [0.1, 0.15) is 0 Å². The number of aromatic nitrogens is 2. The zero-order valence-electron chi connectivity index (χ0n) is 8.51. The second-order valence-electron chi connectivity index (χ2n) is 3.40. The van der Waals surface area contributed by atoms with Crippen molar-refractivity contribution in [3.63, 3.8) is 0 Å². The molecular formula is C10H13N3OS. The van der Waals surface area contributed by atoms with Crippen molar-refractivity contribution in [3.05, 3.63) is 22.7 Å². The molecule has 2 rings (SSSR count). The van der Waals surface area contributed by atoms with Crippen molar-refractivity contribution in [2.24, 2.45) is 5.73 Å². The monoisotopic (exact) mass is 223 g/mol. The summed E-state index contributed by atoms with van der Waals surface area (Å²) in [6.07, 6.45) is 1.56. The van der Waals surface area contributed by atoms with Crippen LogP contribution in [-0.2, 0) is 6.42 Å². The van der Waals surface area contributed by atoms with Crippen molar-refractivity contribution in [2.45, 2.75) is 25.8 Å². The normalized spacial score (nSPS) is 12.9. The van der Waals surface area contributed by atoms with E-state index >= 15 is 0 Å². The van der Waals surface area contributed by atoms with Crippen molar-refractivity contribution in [2.75, 3.05) is 0 Å². The standard InChI is InChI=1S/C10H13N3OS/c1-2-8(11)5-9-12-10(13-14-9)7-3-4-15-6-7/h3-4,6,8H,2,5,11H2,1H3. The molecule has 0 saturated carbocycles. The Balaban J connectivity index is 2.11. The van der Waals surface area contributed by atoms with Gasteiger partial charge in [-0.3, -0.25) is 0 Å². The summed E-state index contributed by atoms with van der Waals surface area (Å²) in [5.74, 6) is 1.26. The lowest BCUT2D eigenvalue weighted by Crippen LogP contribution is -2.21. The molecule has 0 aromatic carbocycles. The van der Waals surface area contributed by atoms with E-state index in [4.69, 9.17) is 10.3 Å². The molecule has 15 heavy (non-hydrogen) atoms. The Bertz CT molecular complexity index is 410. The lowest BCUT2D eigenvalue weighted by atomic mass is 10.2. The second kappa shape index (κ2) is 4.55. The molecule has 0 amide bonds. The number of hydrogen-bond acceptors (Lipinski definition) is 5. The second-order valence-corrected chi connectivity index (χ2v) is 4.18. The summed E-state index contributed by atoms with van der Waals surface area (Å²) in [4.78, 5) is 4.29. The molecule has 0 radical (unpaired) electrons. The van der Waals surface area contributed by atoms with Crippen LogP contribution < -0.4 is 5.73 Å². The number of nitrogens with zero attached hydrogens (tertiary/aromatic N) is 2. The fourth-order valence-corrected chi connectivity index (χ4v) is 1.85. The summed E-state index contributed by atoms with van der Waals surface area (Å²) < 4.78 is 5.12. The van der Waals surface area contributed by atoms with Crippen molar-refractivity contribution in [3.8, 4) is 11.4 Å². The Kier molecular flexibility index (Phi) is 3.13. The Labute approximate surface area is 92.1 Å². The number of nitrogens with two attached hydrogens (primary N) is 1. The molecule has 1 atom stereocenters. The highest BCUT2D eigenvalue weighted by atomic mass is 32.1. The molecule has 0 aliphatic rings. The van der Waals surface area contributed by atoms with Crippen LogP contribution in [0.4, 0.5) is 0 Å². The van der Waals surface area contributed by atoms with E-state index in [2.05, 4.69) is 10.1 Å². The first-order chi connectivity index (χ1) is 7.29. The van der Waals surface area contributed by atoms with Crippen molar-refractivity contribution < 1.29 is 4.52 Å². The van der Waals surface area contributed by atoms with Crippen LogP contribution in [0, 0.1) is 0 Å². The van der Waals surface area contributed by atoms with E-state index in [1.165, 1.54) is 0 Å². The Hall–Kier alpha value is -1.20. The van der Waals surface area contributed by atoms with Gasteiger partial charge in [0.05, 0.1) is 0 Å². The molecule has 0 bridgehead atoms. The van der Waals surface area contributed by atoms with Gasteiger partial charge in [-0.15, -0.1) is 0 Å². The molecule has 0 fully saturated rings. The average Bonchev–Trinajstić information content (AvgIpc) is 2.85. The van der Waals surface area contributed by atoms with Gasteiger partial charge < -0.3 is 10.3 Å². The third kappa shape index (κ3) is 2.43. The summed E-state index contributed by atoms with van der Waals surface area (Å²) in [6, 6.07) is 2.07. The number of thiophene rings is 1. The maximum Gasteiger partial charge on any atom is 0.228 e. The number of hydrogen-bond donors (Lipinski definition) is 1. The summed E-state index contributed by atoms with van der Waals surface area (Å²) in [5.41, 5.74) is 6.81. The van der Waals surface area contributed by atoms with Gasteiger partial charge >= 0.3 is 0 Å². The number of rotatable bonds is 4. The van der Waals surface area contributed by atoms with E-state index in [0.717, 1.165) is 12.0 Å². The SMILES string of the molecule is CCC(N)Cc1nc(-c2ccsc2)no1. The van der Waals surface area contributed by atoms with Gasteiger partial charge in [-0.2, -0.15) is 16.3 Å². The summed E-state index contributed by atoms with van der Waals surface area (Å²) in [5, 5.41) is 7.89. The molecule has 2 heterocycles. The maximum absolute atomic E-state index is 5.81. The van der Waals surface area contributed by atoms with E-state index in [0.29, 0.717) is 18.1 Å². The third-order valence-corrected chi connectivity index (χ3v) is 2.89. The van der Waals surface area contributed by atoms with Crippen LogP contribution in [0.2, 0.25) is 0 Å². The third-order valence-electron chi connectivity index (χ3n) is 2.21. The quantitative estimate of drug-likeness (QED) is 0.861. The van der Waals surface area contributed by atoms with Crippen LogP contribution in [-0.4, -0.2) is 16.2 Å². The first kappa shape index (κ1) is 10.3. The molecule has 5 heteroatoms. The van der Waals surface area contributed by atoms with Crippen molar-refractivity contribution in [1.82, 2.24) is 10.1 Å². The molecule has 0 aliphatic heterocycles. The molecular weight excluding hydrogens is 210 g/mol. The van der Waals surface area contributed by atoms with Crippen LogP contribution in [0.3, 0.4) is 0 Å². The molecule has 2 N–H and O–H groups in total. The predicted octanol–water partition coefficient (Wildman–Crippen LogP) is 2.08. The highest BCUT2D eigenvalue weighted by molar-refractivity contribution is 7.08. The first-order valence-electron chi connectivity index (χ1n) is 4.90. The molecule has 4 nitrogen and oxygen atoms in total. The van der Waals surface area contributed by atoms with E-state index in [-0.39, 0.29) is 6.04 Å². The van der Waals surface area contributed by atoms with Crippen molar-refractivity contribution >= 4 is 11.3 Å². The molecule has 2 aromatic rings. The van der Waals surface area contributed by atoms with Gasteiger partial charge in [0.2, 0.25) is 11.7 Å². The zero-order valence-corrected chi connectivity index (χ0v) is 9.33. The van der Waals surface area contributed by atoms with Crippen molar-refractivity contribution in [1.29, 1.82) is 0 Å². The Morgan fingerprint density at radius 3 is 3.13 bits per heavy atom. The van der Waals surface area contributed by atoms with E-state index in [1.54, 1.807) is 11.3 Å². The lowest BCUT2D eigenvalue weighted by molar-refractivity contribution is 0.368. The van der Waals surface area contributed by atoms with E-state index in [1.807, 2.05) is 23.8 Å². The van der Waals surface area contributed by atoms with Gasteiger partial charge in [0, 0.05) is 23.4 Å². The fourth-order valence-electron chi connectivity index (χ4n) is 1.22. The predicted molar refractivity (Wildman–Crippen MR) is 59.6 cm³/mol. The summed E-state index contributed by atoms with van der Waals surface area (Å²) >= 11 is 1.62. The van der Waals surface area contributed by atoms with Gasteiger partial charge in [0.15, 0.2) is 0 Å². The minimum atomic E-state index is 0.0979. The van der Waals surface area contributed by atoms with Gasteiger partial charge in [-0.05, 0) is 17.9 Å². The van der Waals surface area contributed by atoms with Gasteiger partial charge in [-0.25, -0.2) is 0 Å². The minimum Gasteiger partial charge on any atom is -0.339 e. The van der Waals surface area contributed by atoms with E-state index < -0.39 is 0 Å². The highest BCUT2D eigenvalue weighted by Crippen LogP contribution is 2.18. The van der Waals surface area contributed by atoms with E-state index in [9.17, 15) is 0 Å². The first-order valence-corrected chi connectivity index (χ1v) is 5.84. The van der Waals surface area contributed by atoms with Gasteiger partial charge in [0.25, 0.3) is 0 Å². The van der Waals surface area contributed by atoms with Gasteiger partial charge in [-0.1, -0.05) is 12.1 Å². The average molecular weight is 223 g/mol. The van der Waals surface area contributed by atoms with Crippen LogP contribution in [0.25, 0.3) is 11.4 Å². The Morgan fingerprint density at radius 1 is 1.60 bits per heavy atom. The highest BCUT2D eigenvalue weighted by Gasteiger charge is 2.11. The van der Waals surface area contributed by atoms with Crippen LogP contribution in [0.1, 0.15) is 19.2 Å². The van der Waals surface area contributed by atoms with Crippen LogP contribution >= 0.6 is 11.3 Å².